The van der Waals surface area contributed by atoms with Gasteiger partial charge in [0.15, 0.2) is 12.2 Å². The fourth-order valence-electron chi connectivity index (χ4n) is 7.81. The first-order chi connectivity index (χ1) is 35.0. The Kier molecular flexibility index (Phi) is 47.1. The van der Waals surface area contributed by atoms with Gasteiger partial charge in [-0.2, -0.15) is 0 Å². The van der Waals surface area contributed by atoms with Crippen molar-refractivity contribution in [1.82, 2.24) is 0 Å². The van der Waals surface area contributed by atoms with E-state index < -0.39 is 97.5 Å². The molecule has 0 aliphatic carbocycles. The molecular weight excluding hydrogens is 983 g/mol. The van der Waals surface area contributed by atoms with Crippen LogP contribution in [0.5, 0.6) is 0 Å². The summed E-state index contributed by atoms with van der Waals surface area (Å²) in [5.41, 5.74) is 0. The second kappa shape index (κ2) is 48.4. The first kappa shape index (κ1) is 71.1. The summed E-state index contributed by atoms with van der Waals surface area (Å²) in [4.78, 5) is 71.1. The van der Waals surface area contributed by atoms with Crippen molar-refractivity contribution in [2.75, 3.05) is 39.6 Å². The number of hydrogen-bond donors (Lipinski definition) is 3. The molecule has 2 unspecified atom stereocenters. The van der Waals surface area contributed by atoms with Crippen LogP contribution in [0.4, 0.5) is 0 Å². The molecule has 0 rings (SSSR count). The van der Waals surface area contributed by atoms with Gasteiger partial charge < -0.3 is 33.8 Å². The summed E-state index contributed by atoms with van der Waals surface area (Å²) in [5, 5.41) is 10.4. The minimum atomic E-state index is -4.93. The Morgan fingerprint density at radius 3 is 0.932 bits per heavy atom. The standard InChI is InChI=1S/C54H104O17P2/c1-6-9-12-15-23-29-33-38-52(57)65-44-50(71-54(59)40-35-30-25-22-20-18-16-17-19-21-24-28-31-36-47(4)5)46-69-73(62,63)67-42-48(55)41-66-72(60,61)68-45-49(70-53(58)39-34-27-14-11-8-3)43-64-51(56)37-32-26-13-10-7-2/h47-50,55H,6-46H2,1-5H3,(H,60,61)(H,62,63)/t48-,49+,50+/m0/s1. The highest BCUT2D eigenvalue weighted by Gasteiger charge is 2.30. The molecule has 0 aromatic rings. The highest BCUT2D eigenvalue weighted by atomic mass is 31.2. The quantitative estimate of drug-likeness (QED) is 0.0222. The lowest BCUT2D eigenvalue weighted by Gasteiger charge is -2.21. The SMILES string of the molecule is CCCCCCCCCC(=O)OC[C@H](COP(=O)(O)OC[C@@H](O)COP(=O)(O)OC[C@@H](COC(=O)CCCCCCC)OC(=O)CCCCCCC)OC(=O)CCCCCCCCCCCCCCCC(C)C. The van der Waals surface area contributed by atoms with Gasteiger partial charge in [0.1, 0.15) is 19.3 Å². The molecule has 3 N–H and O–H groups in total. The Labute approximate surface area is 441 Å². The van der Waals surface area contributed by atoms with Crippen molar-refractivity contribution in [3.63, 3.8) is 0 Å². The number of carbonyl (C=O) groups is 4. The third-order valence-corrected chi connectivity index (χ3v) is 14.2. The molecule has 432 valence electrons. The number of unbranched alkanes of at least 4 members (excludes halogenated alkanes) is 26. The maximum Gasteiger partial charge on any atom is 0.472 e. The average molecular weight is 1090 g/mol. The molecule has 73 heavy (non-hydrogen) atoms. The molecule has 0 aromatic heterocycles. The van der Waals surface area contributed by atoms with Gasteiger partial charge in [-0.15, -0.1) is 0 Å². The zero-order valence-electron chi connectivity index (χ0n) is 46.3. The molecule has 0 saturated carbocycles. The summed E-state index contributed by atoms with van der Waals surface area (Å²) in [6, 6.07) is 0. The molecule has 0 aliphatic rings. The van der Waals surface area contributed by atoms with Crippen molar-refractivity contribution in [3.8, 4) is 0 Å². The van der Waals surface area contributed by atoms with Gasteiger partial charge in [-0.25, -0.2) is 9.13 Å². The van der Waals surface area contributed by atoms with Crippen LogP contribution in [0.3, 0.4) is 0 Å². The van der Waals surface area contributed by atoms with E-state index in [0.29, 0.717) is 25.7 Å². The Morgan fingerprint density at radius 1 is 0.370 bits per heavy atom. The largest absolute Gasteiger partial charge is 0.472 e. The molecule has 17 nitrogen and oxygen atoms in total. The fourth-order valence-corrected chi connectivity index (χ4v) is 9.39. The van der Waals surface area contributed by atoms with Crippen LogP contribution < -0.4 is 0 Å². The van der Waals surface area contributed by atoms with Crippen LogP contribution in [0.15, 0.2) is 0 Å². The monoisotopic (exact) mass is 1090 g/mol. The molecule has 0 amide bonds. The lowest BCUT2D eigenvalue weighted by Crippen LogP contribution is -2.30. The van der Waals surface area contributed by atoms with Crippen LogP contribution in [-0.2, 0) is 65.4 Å². The number of esters is 4. The van der Waals surface area contributed by atoms with Crippen LogP contribution in [-0.4, -0.2) is 96.7 Å². The van der Waals surface area contributed by atoms with Crippen molar-refractivity contribution < 1.29 is 80.2 Å². The normalized spacial score (nSPS) is 14.5. The minimum absolute atomic E-state index is 0.0986. The first-order valence-electron chi connectivity index (χ1n) is 28.6. The molecule has 0 saturated heterocycles. The van der Waals surface area contributed by atoms with Crippen molar-refractivity contribution >= 4 is 39.5 Å². The number of aliphatic hydroxyl groups excluding tert-OH is 1. The molecular formula is C54H104O17P2. The zero-order valence-corrected chi connectivity index (χ0v) is 48.0. The molecule has 0 heterocycles. The first-order valence-corrected chi connectivity index (χ1v) is 31.6. The minimum Gasteiger partial charge on any atom is -0.462 e. The highest BCUT2D eigenvalue weighted by molar-refractivity contribution is 7.47. The van der Waals surface area contributed by atoms with Gasteiger partial charge in [0.25, 0.3) is 0 Å². The molecule has 0 aliphatic heterocycles. The number of phosphoric acid groups is 2. The van der Waals surface area contributed by atoms with Crippen molar-refractivity contribution in [3.05, 3.63) is 0 Å². The van der Waals surface area contributed by atoms with E-state index in [1.165, 1.54) is 64.2 Å². The summed E-state index contributed by atoms with van der Waals surface area (Å²) in [7, 11) is -9.84. The Bertz CT molecular complexity index is 1450. The highest BCUT2D eigenvalue weighted by Crippen LogP contribution is 2.45. The van der Waals surface area contributed by atoms with E-state index in [1.54, 1.807) is 0 Å². The number of rotatable bonds is 54. The van der Waals surface area contributed by atoms with Crippen LogP contribution in [0, 0.1) is 5.92 Å². The summed E-state index contributed by atoms with van der Waals surface area (Å²) in [5.74, 6) is -1.39. The maximum absolute atomic E-state index is 12.9. The van der Waals surface area contributed by atoms with Crippen LogP contribution in [0.1, 0.15) is 259 Å². The topological polar surface area (TPSA) is 237 Å². The molecule has 0 fully saturated rings. The Hall–Kier alpha value is -1.94. The van der Waals surface area contributed by atoms with Gasteiger partial charge in [0, 0.05) is 25.7 Å². The van der Waals surface area contributed by atoms with Crippen LogP contribution >= 0.6 is 15.6 Å². The van der Waals surface area contributed by atoms with Crippen molar-refractivity contribution in [1.29, 1.82) is 0 Å². The van der Waals surface area contributed by atoms with Crippen LogP contribution in [0.25, 0.3) is 0 Å². The van der Waals surface area contributed by atoms with E-state index in [2.05, 4.69) is 34.6 Å². The number of carbonyl (C=O) groups excluding carboxylic acids is 4. The smallest absolute Gasteiger partial charge is 0.462 e. The van der Waals surface area contributed by atoms with Gasteiger partial charge in [0.05, 0.1) is 26.4 Å². The van der Waals surface area contributed by atoms with Gasteiger partial charge in [-0.05, 0) is 31.6 Å². The van der Waals surface area contributed by atoms with E-state index in [9.17, 15) is 43.2 Å². The number of aliphatic hydroxyl groups is 1. The molecule has 0 bridgehead atoms. The predicted molar refractivity (Wildman–Crippen MR) is 285 cm³/mol. The molecule has 0 spiro atoms. The lowest BCUT2D eigenvalue weighted by molar-refractivity contribution is -0.161. The van der Waals surface area contributed by atoms with Crippen molar-refractivity contribution in [2.24, 2.45) is 5.92 Å². The van der Waals surface area contributed by atoms with Crippen molar-refractivity contribution in [2.45, 2.75) is 278 Å². The van der Waals surface area contributed by atoms with Gasteiger partial charge in [-0.1, -0.05) is 208 Å². The second-order valence-electron chi connectivity index (χ2n) is 20.1. The van der Waals surface area contributed by atoms with Gasteiger partial charge in [-0.3, -0.25) is 37.3 Å². The molecule has 5 atom stereocenters. The summed E-state index contributed by atoms with van der Waals surface area (Å²) in [6.45, 7) is 6.91. The van der Waals surface area contributed by atoms with E-state index in [-0.39, 0.29) is 25.7 Å². The fraction of sp³-hybridized carbons (Fsp3) is 0.926. The second-order valence-corrected chi connectivity index (χ2v) is 23.0. The van der Waals surface area contributed by atoms with E-state index >= 15 is 0 Å². The van der Waals surface area contributed by atoms with Gasteiger partial charge >= 0.3 is 39.5 Å². The third kappa shape index (κ3) is 49.4. The summed E-state index contributed by atoms with van der Waals surface area (Å²) >= 11 is 0. The average Bonchev–Trinajstić information content (AvgIpc) is 3.35. The molecule has 0 aromatic carbocycles. The predicted octanol–water partition coefficient (Wildman–Crippen LogP) is 13.9. The lowest BCUT2D eigenvalue weighted by atomic mass is 10.0. The number of ether oxygens (including phenoxy) is 4. The Balaban J connectivity index is 5.06. The van der Waals surface area contributed by atoms with E-state index in [0.717, 1.165) is 115 Å². The van der Waals surface area contributed by atoms with Gasteiger partial charge in [0.2, 0.25) is 0 Å². The van der Waals surface area contributed by atoms with E-state index in [1.807, 2.05) is 0 Å². The third-order valence-electron chi connectivity index (χ3n) is 12.3. The number of phosphoric ester groups is 2. The molecule has 0 radical (unpaired) electrons. The number of hydrogen-bond acceptors (Lipinski definition) is 15. The Morgan fingerprint density at radius 2 is 0.630 bits per heavy atom. The summed E-state index contributed by atoms with van der Waals surface area (Å²) < 4.78 is 67.1. The van der Waals surface area contributed by atoms with E-state index in [4.69, 9.17) is 37.0 Å². The van der Waals surface area contributed by atoms with Crippen LogP contribution in [0.2, 0.25) is 0 Å². The maximum atomic E-state index is 12.9. The zero-order chi connectivity index (χ0) is 54.3. The summed E-state index contributed by atoms with van der Waals surface area (Å²) in [6.07, 6.45) is 28.9. The molecule has 19 heteroatoms.